The van der Waals surface area contributed by atoms with Gasteiger partial charge in [0.2, 0.25) is 0 Å². The standard InChI is InChI=1S/C21H13.C15H8F6.C5H5.2ClH.Zr/c1-2-8-15-14(7-1)13-20-18-11-4-3-9-16(18)17-10-5-6-12-19(17)21(15)20;16-14(17,18)12-5-1-3-10(8-12)7-11-4-2-6-13(9-11)15(19,20)21;1-2-4-5-3-1;;;/h1-13H;1-6,8-9H;1-3H,4H2;2*1H;. The Labute approximate surface area is 305 Å². The normalized spacial score (nSPS) is 14.8. The summed E-state index contributed by atoms with van der Waals surface area (Å²) in [6.45, 7) is 0. The number of fused-ring (bicyclic) bond motifs is 8. The van der Waals surface area contributed by atoms with Gasteiger partial charge in [-0.15, -0.1) is 24.8 Å². The van der Waals surface area contributed by atoms with Gasteiger partial charge < -0.3 is 0 Å². The Kier molecular flexibility index (Phi) is 9.91. The van der Waals surface area contributed by atoms with Crippen molar-refractivity contribution in [2.75, 3.05) is 0 Å². The van der Waals surface area contributed by atoms with Crippen LogP contribution in [0.1, 0.15) is 43.4 Å². The van der Waals surface area contributed by atoms with Crippen molar-refractivity contribution in [1.29, 1.82) is 0 Å². The van der Waals surface area contributed by atoms with Gasteiger partial charge in [-0.05, 0) is 0 Å². The molecule has 1 atom stereocenters. The predicted octanol–water partition coefficient (Wildman–Crippen LogP) is 12.7. The van der Waals surface area contributed by atoms with Crippen molar-refractivity contribution in [2.45, 2.75) is 22.4 Å². The molecule has 6 aromatic carbocycles. The molecule has 252 valence electrons. The van der Waals surface area contributed by atoms with E-state index in [9.17, 15) is 26.3 Å². The average molecular weight is 797 g/mol. The van der Waals surface area contributed by atoms with Crippen LogP contribution in [0.2, 0.25) is 0 Å². The molecule has 1 unspecified atom stereocenters. The van der Waals surface area contributed by atoms with Gasteiger partial charge in [-0.25, -0.2) is 0 Å². The molecule has 0 amide bonds. The molecule has 0 nitrogen and oxygen atoms in total. The van der Waals surface area contributed by atoms with Crippen molar-refractivity contribution in [1.82, 2.24) is 0 Å². The summed E-state index contributed by atoms with van der Waals surface area (Å²) < 4.78 is 86.8. The van der Waals surface area contributed by atoms with Crippen molar-refractivity contribution < 1.29 is 47.6 Å². The molecule has 2 aliphatic carbocycles. The minimum atomic E-state index is -4.62. The second-order valence-corrected chi connectivity index (χ2v) is 18.4. The van der Waals surface area contributed by atoms with Crippen LogP contribution < -0.4 is 0 Å². The van der Waals surface area contributed by atoms with Gasteiger partial charge in [-0.1, -0.05) is 0 Å². The van der Waals surface area contributed by atoms with Gasteiger partial charge in [0.15, 0.2) is 0 Å². The van der Waals surface area contributed by atoms with Crippen LogP contribution in [0.4, 0.5) is 26.3 Å². The Hall–Kier alpha value is -3.77. The van der Waals surface area contributed by atoms with E-state index in [-0.39, 0.29) is 28.4 Å². The molecule has 0 N–H and O–H groups in total. The van der Waals surface area contributed by atoms with Gasteiger partial charge in [0.1, 0.15) is 0 Å². The Bertz CT molecular complexity index is 2310. The quantitative estimate of drug-likeness (QED) is 0.123. The summed E-state index contributed by atoms with van der Waals surface area (Å²) in [5.41, 5.74) is 3.35. The molecule has 0 aliphatic heterocycles. The van der Waals surface area contributed by atoms with E-state index in [2.05, 4.69) is 42.5 Å². The SMILES string of the molecule is Cl.Cl.FC(F)(F)c1cccc([C](c2cccc(C(F)(F)F)c2)=[Zr]([C]2=CC=CC2)[CH]2c3ccccc3-c3c2c2ccccc2c2ccccc32)c1. The van der Waals surface area contributed by atoms with Crippen LogP contribution in [-0.4, -0.2) is 3.21 Å². The van der Waals surface area contributed by atoms with E-state index in [1.165, 1.54) is 12.1 Å². The van der Waals surface area contributed by atoms with Crippen LogP contribution in [0, 0.1) is 0 Å². The van der Waals surface area contributed by atoms with Crippen LogP contribution in [0.25, 0.3) is 32.7 Å². The van der Waals surface area contributed by atoms with E-state index < -0.39 is 44.7 Å². The second-order valence-electron chi connectivity index (χ2n) is 12.2. The zero-order valence-electron chi connectivity index (χ0n) is 26.1. The maximum atomic E-state index is 14.2. The van der Waals surface area contributed by atoms with Gasteiger partial charge in [0.05, 0.1) is 0 Å². The monoisotopic (exact) mass is 794 g/mol. The number of hydrogen-bond acceptors (Lipinski definition) is 0. The molecule has 8 rings (SSSR count). The molecule has 0 heterocycles. The first-order valence-electron chi connectivity index (χ1n) is 15.6. The third kappa shape index (κ3) is 6.12. The Balaban J connectivity index is 0.00000216. The van der Waals surface area contributed by atoms with Crippen LogP contribution in [-0.2, 0) is 33.6 Å². The van der Waals surface area contributed by atoms with Gasteiger partial charge >= 0.3 is 282 Å². The van der Waals surface area contributed by atoms with Gasteiger partial charge in [0.25, 0.3) is 0 Å². The van der Waals surface area contributed by atoms with E-state index in [1.54, 1.807) is 12.1 Å². The number of allylic oxidation sites excluding steroid dienone is 4. The van der Waals surface area contributed by atoms with E-state index in [0.29, 0.717) is 20.8 Å². The fourth-order valence-corrected chi connectivity index (χ4v) is 16.5. The summed E-state index contributed by atoms with van der Waals surface area (Å²) in [6.07, 6.45) is -2.57. The Morgan fingerprint density at radius 1 is 0.580 bits per heavy atom. The van der Waals surface area contributed by atoms with Crippen molar-refractivity contribution in [3.05, 3.63) is 176 Å². The van der Waals surface area contributed by atoms with Crippen LogP contribution in [0.5, 0.6) is 0 Å². The molecule has 0 aromatic heterocycles. The molecule has 0 radical (unpaired) electrons. The molecule has 0 saturated heterocycles. The number of halogens is 8. The Morgan fingerprint density at radius 3 is 1.66 bits per heavy atom. The van der Waals surface area contributed by atoms with Crippen molar-refractivity contribution >= 4 is 49.6 Å². The third-order valence-corrected chi connectivity index (χ3v) is 17.7. The first-order valence-corrected chi connectivity index (χ1v) is 19.5. The van der Waals surface area contributed by atoms with Crippen molar-refractivity contribution in [3.63, 3.8) is 0 Å². The topological polar surface area (TPSA) is 0 Å². The van der Waals surface area contributed by atoms with E-state index >= 15 is 0 Å². The second kappa shape index (κ2) is 13.7. The molecular formula is C41H28Cl2F6Zr. The maximum absolute atomic E-state index is 14.2. The first-order chi connectivity index (χ1) is 23.1. The summed E-state index contributed by atoms with van der Waals surface area (Å²) in [6, 6.07) is 34.9. The van der Waals surface area contributed by atoms with Crippen LogP contribution >= 0.6 is 24.8 Å². The third-order valence-electron chi connectivity index (χ3n) is 9.44. The van der Waals surface area contributed by atoms with E-state index in [0.717, 1.165) is 71.3 Å². The molecule has 0 saturated carbocycles. The van der Waals surface area contributed by atoms with Crippen molar-refractivity contribution in [3.8, 4) is 11.1 Å². The first kappa shape index (κ1) is 36.0. The zero-order valence-corrected chi connectivity index (χ0v) is 30.2. The molecule has 0 fully saturated rings. The molecule has 9 heteroatoms. The van der Waals surface area contributed by atoms with Gasteiger partial charge in [-0.2, -0.15) is 0 Å². The van der Waals surface area contributed by atoms with Gasteiger partial charge in [0, 0.05) is 0 Å². The van der Waals surface area contributed by atoms with Gasteiger partial charge in [-0.3, -0.25) is 0 Å². The summed E-state index contributed by atoms with van der Waals surface area (Å²) in [7, 11) is 0. The average Bonchev–Trinajstić information content (AvgIpc) is 3.74. The van der Waals surface area contributed by atoms with E-state index in [4.69, 9.17) is 0 Å². The number of rotatable bonds is 4. The fourth-order valence-electron chi connectivity index (χ4n) is 7.51. The number of benzene rings is 6. The molecule has 0 bridgehead atoms. The molecular weight excluding hydrogens is 769 g/mol. The van der Waals surface area contributed by atoms with Crippen LogP contribution in [0.15, 0.2) is 143 Å². The Morgan fingerprint density at radius 2 is 1.10 bits per heavy atom. The van der Waals surface area contributed by atoms with Crippen LogP contribution in [0.3, 0.4) is 0 Å². The number of alkyl halides is 6. The molecule has 50 heavy (non-hydrogen) atoms. The van der Waals surface area contributed by atoms with E-state index in [1.807, 2.05) is 48.6 Å². The number of hydrogen-bond donors (Lipinski definition) is 0. The predicted molar refractivity (Wildman–Crippen MR) is 191 cm³/mol. The molecule has 2 aliphatic rings. The summed E-state index contributed by atoms with van der Waals surface area (Å²) in [5.74, 6) is 0. The van der Waals surface area contributed by atoms with Crippen molar-refractivity contribution in [2.24, 2.45) is 0 Å². The molecule has 0 spiro atoms. The summed E-state index contributed by atoms with van der Waals surface area (Å²) in [5, 5.41) is 4.33. The molecule has 6 aromatic rings. The summed E-state index contributed by atoms with van der Waals surface area (Å²) in [4.78, 5) is 0. The zero-order chi connectivity index (χ0) is 33.2. The summed E-state index contributed by atoms with van der Waals surface area (Å²) >= 11 is -3.63. The minimum absolute atomic E-state index is 0. The fraction of sp³-hybridized carbons (Fsp3) is 0.0976.